The molecule has 5 amide bonds. The smallest absolute Gasteiger partial charge is 0.408 e. The number of benzene rings is 1. The molecule has 2 aliphatic rings. The highest BCUT2D eigenvalue weighted by Crippen LogP contribution is 2.40. The van der Waals surface area contributed by atoms with Gasteiger partial charge in [-0.1, -0.05) is 43.2 Å². The number of amides is 5. The molecule has 14 heteroatoms. The number of ether oxygens (including phenoxy) is 1. The van der Waals surface area contributed by atoms with Crippen LogP contribution in [0, 0.1) is 11.8 Å². The van der Waals surface area contributed by atoms with Crippen LogP contribution < -0.4 is 21.1 Å². The van der Waals surface area contributed by atoms with Crippen molar-refractivity contribution in [3.8, 4) is 0 Å². The Morgan fingerprint density at radius 3 is 2.47 bits per heavy atom. The molecule has 2 fully saturated rings. The van der Waals surface area contributed by atoms with Crippen LogP contribution in [0.4, 0.5) is 10.5 Å². The Bertz CT molecular complexity index is 1360. The third kappa shape index (κ3) is 12.2. The van der Waals surface area contributed by atoms with Crippen molar-refractivity contribution >= 4 is 45.4 Å². The average molecular weight is 648 g/mol. The third-order valence-corrected chi connectivity index (χ3v) is 8.57. The van der Waals surface area contributed by atoms with E-state index in [1.807, 2.05) is 16.9 Å². The number of rotatable bonds is 15. The Balaban J connectivity index is 1.39. The van der Waals surface area contributed by atoms with E-state index in [1.54, 1.807) is 51.1 Å². The number of carbonyl (C=O) groups is 5. The van der Waals surface area contributed by atoms with Gasteiger partial charge in [0.15, 0.2) is 0 Å². The SMILES string of the molecule is CC(C)(C)OC(=O)N[C@@H](CCCCC/C=C\[C@@H]1C[C@@H]1C(=O)NS(=O)(=O)CC(=O)Nc1ccccc1)C(=O)N1CCC[C@H]1C(N)=O. The summed E-state index contributed by atoms with van der Waals surface area (Å²) >= 11 is 0. The molecule has 5 N–H and O–H groups in total. The average Bonchev–Trinajstić information content (AvgIpc) is 3.53. The van der Waals surface area contributed by atoms with Crippen LogP contribution in [0.5, 0.6) is 0 Å². The van der Waals surface area contributed by atoms with E-state index in [-0.39, 0.29) is 11.8 Å². The van der Waals surface area contributed by atoms with Crippen LogP contribution in [0.25, 0.3) is 0 Å². The number of carbonyl (C=O) groups excluding carboxylic acids is 5. The summed E-state index contributed by atoms with van der Waals surface area (Å²) in [5.74, 6) is -3.67. The molecule has 13 nitrogen and oxygen atoms in total. The molecule has 0 bridgehead atoms. The third-order valence-electron chi connectivity index (χ3n) is 7.41. The van der Waals surface area contributed by atoms with Gasteiger partial charge in [0, 0.05) is 18.2 Å². The van der Waals surface area contributed by atoms with E-state index in [9.17, 15) is 32.4 Å². The fourth-order valence-electron chi connectivity index (χ4n) is 5.18. The maximum absolute atomic E-state index is 13.3. The zero-order valence-corrected chi connectivity index (χ0v) is 26.9. The van der Waals surface area contributed by atoms with Gasteiger partial charge in [-0.15, -0.1) is 0 Å². The van der Waals surface area contributed by atoms with E-state index in [1.165, 1.54) is 4.90 Å². The summed E-state index contributed by atoms with van der Waals surface area (Å²) in [6, 6.07) is 6.90. The molecular weight excluding hydrogens is 602 g/mol. The maximum atomic E-state index is 13.3. The molecule has 0 aromatic heterocycles. The number of nitrogens with one attached hydrogen (secondary N) is 3. The number of nitrogens with two attached hydrogens (primary N) is 1. The molecule has 0 radical (unpaired) electrons. The lowest BCUT2D eigenvalue weighted by Gasteiger charge is -2.28. The number of hydrogen-bond donors (Lipinski definition) is 4. The molecule has 3 rings (SSSR count). The van der Waals surface area contributed by atoms with Crippen molar-refractivity contribution in [3.63, 3.8) is 0 Å². The summed E-state index contributed by atoms with van der Waals surface area (Å²) in [5.41, 5.74) is 5.21. The first-order valence-corrected chi connectivity index (χ1v) is 17.0. The minimum Gasteiger partial charge on any atom is -0.444 e. The second-order valence-electron chi connectivity index (χ2n) is 12.5. The number of nitrogens with zero attached hydrogens (tertiary/aromatic N) is 1. The number of alkyl carbamates (subject to hydrolysis) is 1. The number of hydrogen-bond acceptors (Lipinski definition) is 8. The topological polar surface area (TPSA) is 194 Å². The highest BCUT2D eigenvalue weighted by Gasteiger charge is 2.42. The maximum Gasteiger partial charge on any atom is 0.408 e. The zero-order chi connectivity index (χ0) is 33.2. The molecule has 45 heavy (non-hydrogen) atoms. The number of likely N-dealkylation sites (tertiary alicyclic amines) is 1. The van der Waals surface area contributed by atoms with Crippen molar-refractivity contribution in [2.45, 2.75) is 89.8 Å². The first-order chi connectivity index (χ1) is 21.1. The predicted molar refractivity (Wildman–Crippen MR) is 168 cm³/mol. The number of sulfonamides is 1. The summed E-state index contributed by atoms with van der Waals surface area (Å²) in [6.07, 6.45) is 8.11. The molecular formula is C31H45N5O8S. The number of primary amides is 1. The lowest BCUT2D eigenvalue weighted by atomic mass is 10.0. The minimum absolute atomic E-state index is 0.0722. The van der Waals surface area contributed by atoms with Gasteiger partial charge in [0.25, 0.3) is 0 Å². The minimum atomic E-state index is -4.13. The number of para-hydroxylation sites is 1. The van der Waals surface area contributed by atoms with E-state index in [0.29, 0.717) is 44.3 Å². The summed E-state index contributed by atoms with van der Waals surface area (Å²) < 4.78 is 31.9. The normalized spacial score (nSPS) is 20.3. The Labute approximate surface area is 264 Å². The van der Waals surface area contributed by atoms with Gasteiger partial charge in [-0.3, -0.25) is 23.9 Å². The van der Waals surface area contributed by atoms with E-state index in [4.69, 9.17) is 10.5 Å². The van der Waals surface area contributed by atoms with Crippen LogP contribution in [-0.2, 0) is 33.9 Å². The van der Waals surface area contributed by atoms with Crippen molar-refractivity contribution in [3.05, 3.63) is 42.5 Å². The van der Waals surface area contributed by atoms with Crippen molar-refractivity contribution in [2.24, 2.45) is 17.6 Å². The van der Waals surface area contributed by atoms with Crippen LogP contribution in [-0.4, -0.2) is 73.0 Å². The van der Waals surface area contributed by atoms with Gasteiger partial charge >= 0.3 is 6.09 Å². The molecule has 1 aromatic carbocycles. The molecule has 248 valence electrons. The standard InChI is InChI=1S/C31H45N5O8S/c1-31(2,3)44-30(41)34-24(29(40)36-18-12-17-25(36)27(32)38)16-11-6-4-5-8-13-21-19-23(21)28(39)35-45(42,43)20-26(37)33-22-14-9-7-10-15-22/h7-10,13-15,21,23-25H,4-6,11-12,16-20H2,1-3H3,(H2,32,38)(H,33,37)(H,34,41)(H,35,39)/b13-8-/t21-,23+,24+,25+/m1/s1. The zero-order valence-electron chi connectivity index (χ0n) is 26.1. The number of allylic oxidation sites excluding steroid dienone is 2. The quantitative estimate of drug-likeness (QED) is 0.165. The first-order valence-electron chi connectivity index (χ1n) is 15.3. The van der Waals surface area contributed by atoms with Crippen LogP contribution in [0.1, 0.15) is 72.1 Å². The second kappa shape index (κ2) is 15.9. The summed E-state index contributed by atoms with van der Waals surface area (Å²) in [6.45, 7) is 5.59. The van der Waals surface area contributed by atoms with Gasteiger partial charge in [-0.25, -0.2) is 13.2 Å². The van der Waals surface area contributed by atoms with Gasteiger partial charge in [-0.05, 0) is 77.3 Å². The lowest BCUT2D eigenvalue weighted by Crippen LogP contribution is -2.53. The Kier molecular flexibility index (Phi) is 12.5. The van der Waals surface area contributed by atoms with Gasteiger partial charge in [0.05, 0.1) is 0 Å². The molecule has 0 unspecified atom stereocenters. The predicted octanol–water partition coefficient (Wildman–Crippen LogP) is 2.58. The molecule has 0 spiro atoms. The van der Waals surface area contributed by atoms with Crippen molar-refractivity contribution < 1.29 is 37.1 Å². The summed E-state index contributed by atoms with van der Waals surface area (Å²) in [4.78, 5) is 63.4. The molecule has 1 saturated heterocycles. The van der Waals surface area contributed by atoms with E-state index >= 15 is 0 Å². The molecule has 1 saturated carbocycles. The van der Waals surface area contributed by atoms with Crippen molar-refractivity contribution in [1.82, 2.24) is 14.9 Å². The largest absolute Gasteiger partial charge is 0.444 e. The molecule has 1 heterocycles. The molecule has 1 aromatic rings. The fourth-order valence-corrected chi connectivity index (χ4v) is 6.12. The van der Waals surface area contributed by atoms with E-state index < -0.39 is 63.2 Å². The van der Waals surface area contributed by atoms with Crippen LogP contribution in [0.3, 0.4) is 0 Å². The molecule has 4 atom stereocenters. The molecule has 1 aliphatic carbocycles. The van der Waals surface area contributed by atoms with Gasteiger partial charge in [-0.2, -0.15) is 0 Å². The summed E-state index contributed by atoms with van der Waals surface area (Å²) in [7, 11) is -4.13. The Hall–Kier alpha value is -3.94. The van der Waals surface area contributed by atoms with Crippen LogP contribution >= 0.6 is 0 Å². The van der Waals surface area contributed by atoms with Gasteiger partial charge in [0.2, 0.25) is 33.7 Å². The second-order valence-corrected chi connectivity index (χ2v) is 14.2. The lowest BCUT2D eigenvalue weighted by molar-refractivity contribution is -0.139. The van der Waals surface area contributed by atoms with Crippen molar-refractivity contribution in [2.75, 3.05) is 17.6 Å². The summed E-state index contributed by atoms with van der Waals surface area (Å²) in [5, 5.41) is 5.15. The highest BCUT2D eigenvalue weighted by molar-refractivity contribution is 7.90. The molecule has 1 aliphatic heterocycles. The number of anilines is 1. The van der Waals surface area contributed by atoms with Crippen LogP contribution in [0.2, 0.25) is 0 Å². The van der Waals surface area contributed by atoms with Crippen molar-refractivity contribution in [1.29, 1.82) is 0 Å². The van der Waals surface area contributed by atoms with E-state index in [2.05, 4.69) is 10.6 Å². The van der Waals surface area contributed by atoms with E-state index in [0.717, 1.165) is 19.3 Å². The monoisotopic (exact) mass is 647 g/mol. The van der Waals surface area contributed by atoms with Crippen LogP contribution in [0.15, 0.2) is 42.5 Å². The first kappa shape index (κ1) is 35.5. The highest BCUT2D eigenvalue weighted by atomic mass is 32.2. The Morgan fingerprint density at radius 2 is 1.80 bits per heavy atom. The fraction of sp³-hybridized carbons (Fsp3) is 0.581. The Morgan fingerprint density at radius 1 is 1.09 bits per heavy atom. The van der Waals surface area contributed by atoms with Gasteiger partial charge < -0.3 is 26.0 Å². The van der Waals surface area contributed by atoms with Gasteiger partial charge in [0.1, 0.15) is 23.4 Å². The number of unbranched alkanes of at least 4 members (excludes halogenated alkanes) is 3.